The molecule has 0 bridgehead atoms. The van der Waals surface area contributed by atoms with Crippen LogP contribution in [0.4, 0.5) is 13.2 Å². The third kappa shape index (κ3) is 4.30. The van der Waals surface area contributed by atoms with E-state index >= 15 is 0 Å². The molecule has 0 aliphatic heterocycles. The summed E-state index contributed by atoms with van der Waals surface area (Å²) >= 11 is 0. The smallest absolute Gasteiger partial charge is 0.493 e. The molecule has 1 aromatic carbocycles. The van der Waals surface area contributed by atoms with Crippen molar-refractivity contribution in [1.82, 2.24) is 15.0 Å². The Morgan fingerprint density at radius 1 is 1.19 bits per heavy atom. The molecule has 2 aromatic heterocycles. The summed E-state index contributed by atoms with van der Waals surface area (Å²) in [4.78, 5) is 11.0. The van der Waals surface area contributed by atoms with E-state index in [4.69, 9.17) is 9.47 Å². The maximum absolute atomic E-state index is 12.6. The molecule has 7 nitrogen and oxygen atoms in total. The largest absolute Gasteiger partial charge is 0.573 e. The summed E-state index contributed by atoms with van der Waals surface area (Å²) in [5.74, 6) is 0.377. The highest BCUT2D eigenvalue weighted by molar-refractivity contribution is 7.84. The Kier molecular flexibility index (Phi) is 5.22. The van der Waals surface area contributed by atoms with Gasteiger partial charge in [0.25, 0.3) is 0 Å². The number of methoxy groups -OCH3 is 2. The molecule has 0 saturated heterocycles. The van der Waals surface area contributed by atoms with Crippen LogP contribution in [0.25, 0.3) is 11.0 Å². The predicted molar refractivity (Wildman–Crippen MR) is 90.2 cm³/mol. The molecule has 3 aromatic rings. The fourth-order valence-corrected chi connectivity index (χ4v) is 3.43. The van der Waals surface area contributed by atoms with Crippen molar-refractivity contribution >= 4 is 21.8 Å². The zero-order valence-electron chi connectivity index (χ0n) is 14.2. The van der Waals surface area contributed by atoms with Crippen molar-refractivity contribution in [2.24, 2.45) is 0 Å². The maximum Gasteiger partial charge on any atom is 0.573 e. The lowest BCUT2D eigenvalue weighted by Crippen LogP contribution is -2.16. The number of ether oxygens (including phenoxy) is 3. The van der Waals surface area contributed by atoms with Gasteiger partial charge in [-0.05, 0) is 12.1 Å². The summed E-state index contributed by atoms with van der Waals surface area (Å²) in [7, 11) is 1.27. The fourth-order valence-electron chi connectivity index (χ4n) is 2.42. The summed E-state index contributed by atoms with van der Waals surface area (Å²) in [6.45, 7) is 0. The number of aromatic amines is 1. The molecule has 3 rings (SSSR count). The number of aromatic nitrogens is 3. The highest BCUT2D eigenvalue weighted by atomic mass is 32.2. The van der Waals surface area contributed by atoms with Gasteiger partial charge in [-0.15, -0.1) is 13.2 Å². The van der Waals surface area contributed by atoms with Gasteiger partial charge in [0.1, 0.15) is 5.75 Å². The van der Waals surface area contributed by atoms with Crippen LogP contribution in [0.15, 0.2) is 35.6 Å². The molecule has 1 N–H and O–H groups in total. The number of rotatable bonds is 6. The molecular weight excluding hydrogens is 387 g/mol. The molecule has 0 aliphatic carbocycles. The Bertz CT molecular complexity index is 991. The van der Waals surface area contributed by atoms with Crippen molar-refractivity contribution in [2.75, 3.05) is 14.2 Å². The standard InChI is InChI=1S/C16H14F3N3O4S/c1-24-13-5-6-20-12(14(13)25-2)8-27(23)15-21-10-4-3-9(7-11(10)22-15)26-16(17,18)19/h3-7H,8H2,1-2H3,(H,21,22)/t27-/m0/s1. The van der Waals surface area contributed by atoms with Crippen LogP contribution in [0, 0.1) is 0 Å². The van der Waals surface area contributed by atoms with E-state index in [-0.39, 0.29) is 16.4 Å². The van der Waals surface area contributed by atoms with Crippen molar-refractivity contribution in [3.05, 3.63) is 36.2 Å². The first-order chi connectivity index (χ1) is 12.8. The van der Waals surface area contributed by atoms with Crippen LogP contribution in [-0.4, -0.2) is 39.7 Å². The molecule has 0 radical (unpaired) electrons. The van der Waals surface area contributed by atoms with Gasteiger partial charge in [0.05, 0.1) is 47.5 Å². The normalized spacial score (nSPS) is 12.8. The number of pyridine rings is 1. The van der Waals surface area contributed by atoms with E-state index in [1.165, 1.54) is 26.5 Å². The predicted octanol–water partition coefficient (Wildman–Crippen LogP) is 3.18. The fraction of sp³-hybridized carbons (Fsp3) is 0.250. The number of alkyl halides is 3. The number of nitrogens with zero attached hydrogens (tertiary/aromatic N) is 2. The molecule has 0 unspecified atom stereocenters. The van der Waals surface area contributed by atoms with E-state index in [1.54, 1.807) is 6.07 Å². The second-order valence-corrected chi connectivity index (χ2v) is 6.62. The SMILES string of the molecule is COc1ccnc(C[S@](=O)c2nc3ccc(OC(F)(F)F)cc3[nH]2)c1OC. The Balaban J connectivity index is 1.86. The number of hydrogen-bond donors (Lipinski definition) is 1. The minimum atomic E-state index is -4.80. The molecule has 11 heteroatoms. The minimum absolute atomic E-state index is 0.0217. The number of nitrogens with one attached hydrogen (secondary N) is 1. The van der Waals surface area contributed by atoms with Crippen molar-refractivity contribution in [3.63, 3.8) is 0 Å². The van der Waals surface area contributed by atoms with Gasteiger partial charge < -0.3 is 19.2 Å². The molecule has 0 spiro atoms. The van der Waals surface area contributed by atoms with E-state index < -0.39 is 22.9 Å². The Morgan fingerprint density at radius 2 is 1.96 bits per heavy atom. The zero-order valence-corrected chi connectivity index (χ0v) is 15.0. The van der Waals surface area contributed by atoms with Crippen LogP contribution in [0.5, 0.6) is 17.2 Å². The zero-order chi connectivity index (χ0) is 19.6. The lowest BCUT2D eigenvalue weighted by molar-refractivity contribution is -0.274. The van der Waals surface area contributed by atoms with Gasteiger partial charge in [-0.25, -0.2) is 4.98 Å². The number of imidazole rings is 1. The third-order valence-corrected chi connectivity index (χ3v) is 4.68. The average Bonchev–Trinajstić information content (AvgIpc) is 3.03. The van der Waals surface area contributed by atoms with E-state index in [1.807, 2.05) is 0 Å². The molecule has 1 atom stereocenters. The first kappa shape index (κ1) is 19.0. The van der Waals surface area contributed by atoms with E-state index in [0.717, 1.165) is 12.1 Å². The number of fused-ring (bicyclic) bond motifs is 1. The van der Waals surface area contributed by atoms with E-state index in [9.17, 15) is 17.4 Å². The monoisotopic (exact) mass is 401 g/mol. The van der Waals surface area contributed by atoms with Crippen LogP contribution in [0.3, 0.4) is 0 Å². The Morgan fingerprint density at radius 3 is 2.63 bits per heavy atom. The highest BCUT2D eigenvalue weighted by Gasteiger charge is 2.31. The highest BCUT2D eigenvalue weighted by Crippen LogP contribution is 2.31. The lowest BCUT2D eigenvalue weighted by Gasteiger charge is -2.10. The van der Waals surface area contributed by atoms with Gasteiger partial charge in [0.15, 0.2) is 16.7 Å². The van der Waals surface area contributed by atoms with Crippen molar-refractivity contribution in [2.45, 2.75) is 17.3 Å². The summed E-state index contributed by atoms with van der Waals surface area (Å²) in [6.07, 6.45) is -3.30. The van der Waals surface area contributed by atoms with E-state index in [2.05, 4.69) is 19.7 Å². The second kappa shape index (κ2) is 7.43. The molecule has 0 aliphatic rings. The molecule has 0 amide bonds. The summed E-state index contributed by atoms with van der Waals surface area (Å²) in [5, 5.41) is 0.0980. The summed E-state index contributed by atoms with van der Waals surface area (Å²) in [6, 6.07) is 5.23. The van der Waals surface area contributed by atoms with Crippen LogP contribution >= 0.6 is 0 Å². The molecule has 144 valence electrons. The minimum Gasteiger partial charge on any atom is -0.493 e. The lowest BCUT2D eigenvalue weighted by atomic mass is 10.3. The molecule has 0 saturated carbocycles. The molecule has 0 fully saturated rings. The summed E-state index contributed by atoms with van der Waals surface area (Å²) in [5.41, 5.74) is 1.03. The summed E-state index contributed by atoms with van der Waals surface area (Å²) < 4.78 is 63.9. The molecule has 2 heterocycles. The average molecular weight is 401 g/mol. The van der Waals surface area contributed by atoms with Gasteiger partial charge in [-0.1, -0.05) is 0 Å². The molecule has 27 heavy (non-hydrogen) atoms. The van der Waals surface area contributed by atoms with Gasteiger partial charge in [-0.2, -0.15) is 0 Å². The first-order valence-electron chi connectivity index (χ1n) is 7.50. The second-order valence-electron chi connectivity index (χ2n) is 5.25. The maximum atomic E-state index is 12.6. The van der Waals surface area contributed by atoms with Crippen molar-refractivity contribution < 1.29 is 31.6 Å². The topological polar surface area (TPSA) is 86.3 Å². The number of benzene rings is 1. The van der Waals surface area contributed by atoms with Crippen molar-refractivity contribution in [1.29, 1.82) is 0 Å². The first-order valence-corrected chi connectivity index (χ1v) is 8.82. The van der Waals surface area contributed by atoms with Crippen LogP contribution in [0.1, 0.15) is 5.69 Å². The van der Waals surface area contributed by atoms with Crippen LogP contribution in [0.2, 0.25) is 0 Å². The van der Waals surface area contributed by atoms with Crippen molar-refractivity contribution in [3.8, 4) is 17.2 Å². The Labute approximate surface area is 153 Å². The third-order valence-electron chi connectivity index (χ3n) is 3.51. The van der Waals surface area contributed by atoms with Crippen LogP contribution in [-0.2, 0) is 16.6 Å². The number of halogens is 3. The van der Waals surface area contributed by atoms with Gasteiger partial charge in [-0.3, -0.25) is 9.19 Å². The quantitative estimate of drug-likeness (QED) is 0.683. The number of hydrogen-bond acceptors (Lipinski definition) is 6. The molecular formula is C16H14F3N3O4S. The number of H-pyrrole nitrogens is 1. The van der Waals surface area contributed by atoms with Gasteiger partial charge in [0, 0.05) is 18.3 Å². The van der Waals surface area contributed by atoms with Crippen LogP contribution < -0.4 is 14.2 Å². The van der Waals surface area contributed by atoms with Gasteiger partial charge in [0.2, 0.25) is 0 Å². The van der Waals surface area contributed by atoms with E-state index in [0.29, 0.717) is 22.7 Å². The Hall–Kier alpha value is -2.82. The van der Waals surface area contributed by atoms with Gasteiger partial charge >= 0.3 is 6.36 Å².